The fraction of sp³-hybridized carbons (Fsp3) is 0.158. The quantitative estimate of drug-likeness (QED) is 0.870. The molecule has 0 radical (unpaired) electrons. The number of ether oxygens (including phenoxy) is 1. The van der Waals surface area contributed by atoms with E-state index in [1.165, 1.54) is 0 Å². The van der Waals surface area contributed by atoms with Crippen LogP contribution in [0.2, 0.25) is 0 Å². The molecule has 1 aliphatic rings. The standard InChI is InChI=1S/C19H18N2O2/c1-14(15-7-10-20-11-8-15)21(2)19(22)17-9-12-23-18-6-4-3-5-16(18)13-17/h3-14H,1-2H3. The molecule has 1 atom stereocenters. The first-order valence-electron chi connectivity index (χ1n) is 7.48. The zero-order chi connectivity index (χ0) is 16.2. The van der Waals surface area contributed by atoms with Crippen molar-refractivity contribution in [2.45, 2.75) is 13.0 Å². The van der Waals surface area contributed by atoms with E-state index < -0.39 is 0 Å². The Kier molecular flexibility index (Phi) is 4.24. The zero-order valence-electron chi connectivity index (χ0n) is 13.1. The Morgan fingerprint density at radius 3 is 2.70 bits per heavy atom. The molecule has 0 fully saturated rings. The third-order valence-electron chi connectivity index (χ3n) is 4.01. The lowest BCUT2D eigenvalue weighted by molar-refractivity contribution is -0.127. The number of amides is 1. The van der Waals surface area contributed by atoms with Crippen molar-refractivity contribution in [3.63, 3.8) is 0 Å². The van der Waals surface area contributed by atoms with Crippen molar-refractivity contribution in [2.75, 3.05) is 7.05 Å². The molecule has 1 unspecified atom stereocenters. The average molecular weight is 306 g/mol. The molecule has 0 bridgehead atoms. The molecule has 1 aromatic heterocycles. The molecule has 2 heterocycles. The van der Waals surface area contributed by atoms with Gasteiger partial charge in [0, 0.05) is 30.6 Å². The van der Waals surface area contributed by atoms with Crippen LogP contribution in [0.1, 0.15) is 24.1 Å². The summed E-state index contributed by atoms with van der Waals surface area (Å²) in [7, 11) is 1.81. The van der Waals surface area contributed by atoms with E-state index in [4.69, 9.17) is 4.74 Å². The Hall–Kier alpha value is -2.88. The van der Waals surface area contributed by atoms with E-state index in [0.29, 0.717) is 5.57 Å². The van der Waals surface area contributed by atoms with Gasteiger partial charge in [-0.05, 0) is 42.8 Å². The topological polar surface area (TPSA) is 42.4 Å². The lowest BCUT2D eigenvalue weighted by Crippen LogP contribution is -2.30. The SMILES string of the molecule is CC(c1ccncc1)N(C)C(=O)C1=Cc2ccccc2OC=C1. The molecule has 0 spiro atoms. The van der Waals surface area contributed by atoms with Crippen LogP contribution >= 0.6 is 0 Å². The first-order valence-corrected chi connectivity index (χ1v) is 7.48. The smallest absolute Gasteiger partial charge is 0.254 e. The second-order valence-electron chi connectivity index (χ2n) is 5.43. The number of fused-ring (bicyclic) bond motifs is 1. The monoisotopic (exact) mass is 306 g/mol. The van der Waals surface area contributed by atoms with Gasteiger partial charge in [-0.1, -0.05) is 18.2 Å². The Bertz CT molecular complexity index is 766. The van der Waals surface area contributed by atoms with Crippen LogP contribution in [0.25, 0.3) is 6.08 Å². The highest BCUT2D eigenvalue weighted by molar-refractivity contribution is 6.01. The van der Waals surface area contributed by atoms with Crippen LogP contribution in [0, 0.1) is 0 Å². The third kappa shape index (κ3) is 3.16. The molecule has 1 aromatic carbocycles. The van der Waals surface area contributed by atoms with Crippen molar-refractivity contribution in [1.82, 2.24) is 9.88 Å². The lowest BCUT2D eigenvalue weighted by atomic mass is 10.1. The normalized spacial score (nSPS) is 14.1. The lowest BCUT2D eigenvalue weighted by Gasteiger charge is -2.25. The number of hydrogen-bond acceptors (Lipinski definition) is 3. The van der Waals surface area contributed by atoms with Gasteiger partial charge in [-0.3, -0.25) is 9.78 Å². The predicted molar refractivity (Wildman–Crippen MR) is 89.6 cm³/mol. The van der Waals surface area contributed by atoms with Gasteiger partial charge in [-0.25, -0.2) is 0 Å². The summed E-state index contributed by atoms with van der Waals surface area (Å²) in [6.45, 7) is 2.00. The average Bonchev–Trinajstić information content (AvgIpc) is 2.83. The Balaban J connectivity index is 1.86. The molecule has 3 rings (SSSR count). The van der Waals surface area contributed by atoms with Crippen LogP contribution < -0.4 is 4.74 Å². The van der Waals surface area contributed by atoms with Crippen LogP contribution in [-0.2, 0) is 4.79 Å². The van der Waals surface area contributed by atoms with Crippen LogP contribution in [-0.4, -0.2) is 22.8 Å². The highest BCUT2D eigenvalue weighted by atomic mass is 16.5. The highest BCUT2D eigenvalue weighted by Crippen LogP contribution is 2.26. The number of para-hydroxylation sites is 1. The predicted octanol–water partition coefficient (Wildman–Crippen LogP) is 3.59. The van der Waals surface area contributed by atoms with Crippen molar-refractivity contribution >= 4 is 12.0 Å². The van der Waals surface area contributed by atoms with Crippen LogP contribution in [0.5, 0.6) is 5.75 Å². The number of benzene rings is 1. The number of hydrogen-bond donors (Lipinski definition) is 0. The van der Waals surface area contributed by atoms with Gasteiger partial charge in [0.15, 0.2) is 0 Å². The number of pyridine rings is 1. The van der Waals surface area contributed by atoms with Crippen molar-refractivity contribution in [3.8, 4) is 5.75 Å². The van der Waals surface area contributed by atoms with Gasteiger partial charge in [-0.2, -0.15) is 0 Å². The Labute approximate surface area is 135 Å². The summed E-state index contributed by atoms with van der Waals surface area (Å²) in [5, 5.41) is 0. The van der Waals surface area contributed by atoms with E-state index in [9.17, 15) is 4.79 Å². The van der Waals surface area contributed by atoms with Gasteiger partial charge >= 0.3 is 0 Å². The number of aromatic nitrogens is 1. The summed E-state index contributed by atoms with van der Waals surface area (Å²) in [4.78, 5) is 18.5. The minimum absolute atomic E-state index is 0.0424. The van der Waals surface area contributed by atoms with Crippen LogP contribution in [0.4, 0.5) is 0 Å². The van der Waals surface area contributed by atoms with E-state index >= 15 is 0 Å². The summed E-state index contributed by atoms with van der Waals surface area (Å²) in [6, 6.07) is 11.4. The molecule has 4 nitrogen and oxygen atoms in total. The summed E-state index contributed by atoms with van der Waals surface area (Å²) >= 11 is 0. The molecule has 116 valence electrons. The molecule has 0 saturated heterocycles. The fourth-order valence-corrected chi connectivity index (χ4v) is 2.48. The molecule has 4 heteroatoms. The maximum atomic E-state index is 12.8. The fourth-order valence-electron chi connectivity index (χ4n) is 2.48. The third-order valence-corrected chi connectivity index (χ3v) is 4.01. The van der Waals surface area contributed by atoms with Gasteiger partial charge in [0.05, 0.1) is 12.3 Å². The molecule has 0 aliphatic carbocycles. The zero-order valence-corrected chi connectivity index (χ0v) is 13.1. The molecule has 2 aromatic rings. The second-order valence-corrected chi connectivity index (χ2v) is 5.43. The van der Waals surface area contributed by atoms with Gasteiger partial charge < -0.3 is 9.64 Å². The summed E-state index contributed by atoms with van der Waals surface area (Å²) in [6.07, 6.45) is 8.59. The number of likely N-dealkylation sites (N-methyl/N-ethyl adjacent to an activating group) is 1. The van der Waals surface area contributed by atoms with Crippen molar-refractivity contribution < 1.29 is 9.53 Å². The number of rotatable bonds is 3. The van der Waals surface area contributed by atoms with Crippen molar-refractivity contribution in [3.05, 3.63) is 77.8 Å². The maximum Gasteiger partial charge on any atom is 0.254 e. The molecular formula is C19H18N2O2. The molecule has 23 heavy (non-hydrogen) atoms. The number of nitrogens with zero attached hydrogens (tertiary/aromatic N) is 2. The summed E-state index contributed by atoms with van der Waals surface area (Å²) in [5.74, 6) is 0.697. The largest absolute Gasteiger partial charge is 0.464 e. The van der Waals surface area contributed by atoms with E-state index in [1.807, 2.05) is 49.4 Å². The molecule has 0 saturated carbocycles. The van der Waals surface area contributed by atoms with Crippen LogP contribution in [0.15, 0.2) is 66.7 Å². The summed E-state index contributed by atoms with van der Waals surface area (Å²) < 4.78 is 5.54. The first kappa shape index (κ1) is 15.0. The van der Waals surface area contributed by atoms with E-state index in [1.54, 1.807) is 36.7 Å². The summed E-state index contributed by atoms with van der Waals surface area (Å²) in [5.41, 5.74) is 2.54. The van der Waals surface area contributed by atoms with Crippen LogP contribution in [0.3, 0.4) is 0 Å². The molecule has 1 aliphatic heterocycles. The minimum Gasteiger partial charge on any atom is -0.464 e. The molecule has 0 N–H and O–H groups in total. The number of carbonyl (C=O) groups excluding carboxylic acids is 1. The first-order chi connectivity index (χ1) is 11.2. The Morgan fingerprint density at radius 1 is 1.17 bits per heavy atom. The van der Waals surface area contributed by atoms with E-state index in [2.05, 4.69) is 4.98 Å². The van der Waals surface area contributed by atoms with E-state index in [0.717, 1.165) is 16.9 Å². The molecule has 1 amide bonds. The highest BCUT2D eigenvalue weighted by Gasteiger charge is 2.20. The van der Waals surface area contributed by atoms with Crippen molar-refractivity contribution in [2.24, 2.45) is 0 Å². The van der Waals surface area contributed by atoms with Gasteiger partial charge in [0.2, 0.25) is 0 Å². The number of carbonyl (C=O) groups is 1. The Morgan fingerprint density at radius 2 is 1.91 bits per heavy atom. The van der Waals surface area contributed by atoms with E-state index in [-0.39, 0.29) is 11.9 Å². The minimum atomic E-state index is -0.0501. The second kappa shape index (κ2) is 6.48. The van der Waals surface area contributed by atoms with Crippen molar-refractivity contribution in [1.29, 1.82) is 0 Å². The van der Waals surface area contributed by atoms with Gasteiger partial charge in [0.1, 0.15) is 5.75 Å². The van der Waals surface area contributed by atoms with Gasteiger partial charge in [0.25, 0.3) is 5.91 Å². The maximum absolute atomic E-state index is 12.8. The molecular weight excluding hydrogens is 288 g/mol. The van der Waals surface area contributed by atoms with Gasteiger partial charge in [-0.15, -0.1) is 0 Å².